The summed E-state index contributed by atoms with van der Waals surface area (Å²) in [7, 11) is 0. The Labute approximate surface area is 197 Å². The zero-order valence-electron chi connectivity index (χ0n) is 18.1. The molecule has 0 saturated heterocycles. The van der Waals surface area contributed by atoms with Crippen LogP contribution in [0.3, 0.4) is 0 Å². The van der Waals surface area contributed by atoms with Crippen LogP contribution in [0.25, 0.3) is 17.1 Å². The van der Waals surface area contributed by atoms with E-state index in [1.807, 2.05) is 53.3 Å². The SMILES string of the molecule is Cc1c(C(C)NCc2ccc(-c3ccn[nH]3)o2)cnn1-c1ccc(Cl)cc1.O=C(O)C(F)(F)F. The Hall–Kier alpha value is -3.57. The maximum atomic E-state index is 10.6. The molecule has 4 rings (SSSR count). The van der Waals surface area contributed by atoms with E-state index in [2.05, 4.69) is 34.5 Å². The predicted molar refractivity (Wildman–Crippen MR) is 119 cm³/mol. The van der Waals surface area contributed by atoms with Crippen LogP contribution in [0.5, 0.6) is 0 Å². The van der Waals surface area contributed by atoms with E-state index in [1.54, 1.807) is 6.20 Å². The molecule has 0 fully saturated rings. The topological polar surface area (TPSA) is 109 Å². The Bertz CT molecular complexity index is 1220. The third kappa shape index (κ3) is 6.27. The highest BCUT2D eigenvalue weighted by Gasteiger charge is 2.38. The van der Waals surface area contributed by atoms with Gasteiger partial charge in [0.2, 0.25) is 0 Å². The van der Waals surface area contributed by atoms with E-state index >= 15 is 0 Å². The molecule has 0 aliphatic heterocycles. The van der Waals surface area contributed by atoms with E-state index in [0.717, 1.165) is 34.2 Å². The van der Waals surface area contributed by atoms with Gasteiger partial charge in [-0.15, -0.1) is 0 Å². The lowest BCUT2D eigenvalue weighted by Crippen LogP contribution is -2.21. The largest absolute Gasteiger partial charge is 0.490 e. The van der Waals surface area contributed by atoms with Crippen molar-refractivity contribution in [1.29, 1.82) is 0 Å². The summed E-state index contributed by atoms with van der Waals surface area (Å²) < 4.78 is 39.5. The Balaban J connectivity index is 0.000000406. The number of aromatic nitrogens is 4. The molecule has 1 unspecified atom stereocenters. The van der Waals surface area contributed by atoms with Gasteiger partial charge in [0.15, 0.2) is 5.76 Å². The van der Waals surface area contributed by atoms with Gasteiger partial charge < -0.3 is 14.8 Å². The van der Waals surface area contributed by atoms with Crippen molar-refractivity contribution in [3.63, 3.8) is 0 Å². The molecular formula is C22H21ClF3N5O3. The molecule has 180 valence electrons. The van der Waals surface area contributed by atoms with E-state index in [0.29, 0.717) is 11.6 Å². The summed E-state index contributed by atoms with van der Waals surface area (Å²) in [5, 5.41) is 22.7. The maximum Gasteiger partial charge on any atom is 0.490 e. The Morgan fingerprint density at radius 2 is 1.91 bits per heavy atom. The van der Waals surface area contributed by atoms with Gasteiger partial charge in [-0.2, -0.15) is 23.4 Å². The number of furan rings is 1. The summed E-state index contributed by atoms with van der Waals surface area (Å²) in [6, 6.07) is 13.6. The molecular weight excluding hydrogens is 475 g/mol. The van der Waals surface area contributed by atoms with Crippen LogP contribution in [-0.4, -0.2) is 37.2 Å². The summed E-state index contributed by atoms with van der Waals surface area (Å²) in [5.74, 6) is -1.11. The van der Waals surface area contributed by atoms with E-state index in [4.69, 9.17) is 25.9 Å². The number of alkyl halides is 3. The van der Waals surface area contributed by atoms with Gasteiger partial charge in [0.25, 0.3) is 0 Å². The molecule has 34 heavy (non-hydrogen) atoms. The molecule has 0 radical (unpaired) electrons. The Morgan fingerprint density at radius 3 is 2.50 bits per heavy atom. The summed E-state index contributed by atoms with van der Waals surface area (Å²) >= 11 is 5.97. The molecule has 12 heteroatoms. The second-order valence-electron chi connectivity index (χ2n) is 7.22. The number of carboxylic acid groups (broad SMARTS) is 1. The number of rotatable bonds is 6. The Morgan fingerprint density at radius 1 is 1.24 bits per heavy atom. The number of nitrogens with zero attached hydrogens (tertiary/aromatic N) is 3. The zero-order chi connectivity index (χ0) is 24.9. The van der Waals surface area contributed by atoms with Crippen molar-refractivity contribution < 1.29 is 27.5 Å². The molecule has 0 saturated carbocycles. The molecule has 1 atom stereocenters. The van der Waals surface area contributed by atoms with Crippen LogP contribution >= 0.6 is 11.6 Å². The summed E-state index contributed by atoms with van der Waals surface area (Å²) in [6.07, 6.45) is -1.47. The fourth-order valence-corrected chi connectivity index (χ4v) is 3.19. The number of H-pyrrole nitrogens is 1. The fraction of sp³-hybridized carbons (Fsp3) is 0.227. The first-order valence-corrected chi connectivity index (χ1v) is 10.4. The van der Waals surface area contributed by atoms with Crippen molar-refractivity contribution in [2.75, 3.05) is 0 Å². The first-order valence-electron chi connectivity index (χ1n) is 9.98. The number of aromatic amines is 1. The lowest BCUT2D eigenvalue weighted by Gasteiger charge is -2.13. The van der Waals surface area contributed by atoms with E-state index in [-0.39, 0.29) is 6.04 Å². The number of benzene rings is 1. The average Bonchev–Trinajstić information content (AvgIpc) is 3.53. The van der Waals surface area contributed by atoms with Crippen LogP contribution in [-0.2, 0) is 11.3 Å². The summed E-state index contributed by atoms with van der Waals surface area (Å²) in [4.78, 5) is 8.90. The predicted octanol–water partition coefficient (Wildman–Crippen LogP) is 5.30. The molecule has 4 aromatic rings. The standard InChI is InChI=1S/C20H20ClN5O.C2HF3O2/c1-13(22-11-17-7-8-20(27-17)19-9-10-23-25-19)18-12-24-26(14(18)2)16-5-3-15(21)4-6-16;3-2(4,5)1(6)7/h3-10,12-13,22H,11H2,1-2H3,(H,23,25);(H,6,7). The van der Waals surface area contributed by atoms with Crippen molar-refractivity contribution in [3.8, 4) is 17.1 Å². The van der Waals surface area contributed by atoms with Gasteiger partial charge in [-0.05, 0) is 56.3 Å². The van der Waals surface area contributed by atoms with Crippen molar-refractivity contribution in [1.82, 2.24) is 25.3 Å². The molecule has 0 spiro atoms. The highest BCUT2D eigenvalue weighted by atomic mass is 35.5. The fourth-order valence-electron chi connectivity index (χ4n) is 3.06. The highest BCUT2D eigenvalue weighted by Crippen LogP contribution is 2.23. The van der Waals surface area contributed by atoms with Crippen LogP contribution in [0.1, 0.15) is 30.0 Å². The lowest BCUT2D eigenvalue weighted by molar-refractivity contribution is -0.192. The molecule has 0 aliphatic rings. The molecule has 0 bridgehead atoms. The monoisotopic (exact) mass is 495 g/mol. The van der Waals surface area contributed by atoms with Crippen molar-refractivity contribution in [2.45, 2.75) is 32.6 Å². The second kappa shape index (κ2) is 10.6. The minimum absolute atomic E-state index is 0.131. The number of carbonyl (C=O) groups is 1. The molecule has 0 aliphatic carbocycles. The molecule has 8 nitrogen and oxygen atoms in total. The molecule has 3 heterocycles. The minimum atomic E-state index is -5.08. The highest BCUT2D eigenvalue weighted by molar-refractivity contribution is 6.30. The van der Waals surface area contributed by atoms with Gasteiger partial charge in [0.05, 0.1) is 18.4 Å². The Kier molecular flexibility index (Phi) is 7.79. The number of hydrogen-bond acceptors (Lipinski definition) is 5. The second-order valence-corrected chi connectivity index (χ2v) is 7.65. The normalized spacial score (nSPS) is 12.2. The van der Waals surface area contributed by atoms with Crippen LogP contribution in [0.4, 0.5) is 13.2 Å². The van der Waals surface area contributed by atoms with Crippen LogP contribution < -0.4 is 5.32 Å². The number of halogens is 4. The summed E-state index contributed by atoms with van der Waals surface area (Å²) in [6.45, 7) is 4.81. The van der Waals surface area contributed by atoms with Gasteiger partial charge in [-0.3, -0.25) is 5.10 Å². The first-order chi connectivity index (χ1) is 16.1. The zero-order valence-corrected chi connectivity index (χ0v) is 18.9. The maximum absolute atomic E-state index is 10.6. The van der Waals surface area contributed by atoms with Crippen LogP contribution in [0.2, 0.25) is 5.02 Å². The number of aliphatic carboxylic acids is 1. The smallest absolute Gasteiger partial charge is 0.475 e. The van der Waals surface area contributed by atoms with E-state index < -0.39 is 12.1 Å². The molecule has 3 aromatic heterocycles. The van der Waals surface area contributed by atoms with Crippen LogP contribution in [0.15, 0.2) is 59.3 Å². The van der Waals surface area contributed by atoms with Crippen LogP contribution in [0, 0.1) is 6.92 Å². The van der Waals surface area contributed by atoms with Gasteiger partial charge in [0, 0.05) is 28.5 Å². The quantitative estimate of drug-likeness (QED) is 0.335. The molecule has 0 amide bonds. The van der Waals surface area contributed by atoms with Gasteiger partial charge in [0.1, 0.15) is 11.5 Å². The first kappa shape index (κ1) is 25.1. The van der Waals surface area contributed by atoms with Gasteiger partial charge >= 0.3 is 12.1 Å². The number of nitrogens with one attached hydrogen (secondary N) is 2. The number of hydrogen-bond donors (Lipinski definition) is 3. The van der Waals surface area contributed by atoms with Crippen molar-refractivity contribution in [2.24, 2.45) is 0 Å². The average molecular weight is 496 g/mol. The third-order valence-electron chi connectivity index (χ3n) is 4.84. The molecule has 3 N–H and O–H groups in total. The number of carboxylic acids is 1. The van der Waals surface area contributed by atoms with Gasteiger partial charge in [-0.25, -0.2) is 9.48 Å². The minimum Gasteiger partial charge on any atom is -0.475 e. The van der Waals surface area contributed by atoms with E-state index in [1.165, 1.54) is 0 Å². The lowest BCUT2D eigenvalue weighted by atomic mass is 10.1. The van der Waals surface area contributed by atoms with Crippen molar-refractivity contribution in [3.05, 3.63) is 76.9 Å². The van der Waals surface area contributed by atoms with Gasteiger partial charge in [-0.1, -0.05) is 11.6 Å². The summed E-state index contributed by atoms with van der Waals surface area (Å²) in [5.41, 5.74) is 4.10. The van der Waals surface area contributed by atoms with Crippen molar-refractivity contribution >= 4 is 17.6 Å². The molecule has 1 aromatic carbocycles. The third-order valence-corrected chi connectivity index (χ3v) is 5.09. The van der Waals surface area contributed by atoms with E-state index in [9.17, 15) is 13.2 Å².